The smallest absolute Gasteiger partial charge is 0.306 e. The lowest BCUT2D eigenvalue weighted by atomic mass is 9.87. The number of anilines is 1. The maximum Gasteiger partial charge on any atom is 0.306 e. The fourth-order valence-corrected chi connectivity index (χ4v) is 2.36. The molecule has 0 saturated heterocycles. The van der Waals surface area contributed by atoms with Gasteiger partial charge >= 0.3 is 5.97 Å². The van der Waals surface area contributed by atoms with Crippen molar-refractivity contribution in [2.24, 2.45) is 0 Å². The minimum Gasteiger partial charge on any atom is -0.469 e. The van der Waals surface area contributed by atoms with Crippen molar-refractivity contribution in [3.8, 4) is 0 Å². The Morgan fingerprint density at radius 2 is 2.35 bits per heavy atom. The van der Waals surface area contributed by atoms with Gasteiger partial charge in [-0.2, -0.15) is 0 Å². The van der Waals surface area contributed by atoms with Crippen molar-refractivity contribution in [1.82, 2.24) is 0 Å². The summed E-state index contributed by atoms with van der Waals surface area (Å²) in [4.78, 5) is 11.4. The molecule has 0 fully saturated rings. The van der Waals surface area contributed by atoms with Gasteiger partial charge in [0.1, 0.15) is 0 Å². The van der Waals surface area contributed by atoms with Gasteiger partial charge in [0.25, 0.3) is 0 Å². The highest BCUT2D eigenvalue weighted by atomic mass is 16.5. The van der Waals surface area contributed by atoms with Crippen LogP contribution in [0.1, 0.15) is 36.8 Å². The minimum absolute atomic E-state index is 0.121. The third-order valence-electron chi connectivity index (χ3n) is 3.41. The number of hydrogen-bond donors (Lipinski definition) is 1. The van der Waals surface area contributed by atoms with Crippen molar-refractivity contribution < 1.29 is 9.53 Å². The first-order chi connectivity index (χ1) is 8.24. The molecular weight excluding hydrogens is 214 g/mol. The molecule has 0 amide bonds. The number of hydrogen-bond acceptors (Lipinski definition) is 3. The average Bonchev–Trinajstić information content (AvgIpc) is 2.38. The number of rotatable bonds is 3. The van der Waals surface area contributed by atoms with Gasteiger partial charge in [-0.15, -0.1) is 0 Å². The van der Waals surface area contributed by atoms with Gasteiger partial charge in [0.15, 0.2) is 0 Å². The first-order valence-electron chi connectivity index (χ1n) is 6.18. The molecular formula is C14H19NO2. The molecule has 0 spiro atoms. The number of carbonyl (C=O) groups excluding carboxylic acids is 1. The van der Waals surface area contributed by atoms with Gasteiger partial charge in [0.2, 0.25) is 0 Å². The molecule has 0 aliphatic carbocycles. The highest BCUT2D eigenvalue weighted by Crippen LogP contribution is 2.34. The maximum absolute atomic E-state index is 11.4. The van der Waals surface area contributed by atoms with Crippen LogP contribution in [-0.2, 0) is 16.0 Å². The van der Waals surface area contributed by atoms with Crippen LogP contribution in [0.2, 0.25) is 0 Å². The molecule has 1 aliphatic rings. The number of methoxy groups -OCH3 is 1. The summed E-state index contributed by atoms with van der Waals surface area (Å²) in [6.45, 7) is 3.08. The Hall–Kier alpha value is -1.51. The molecule has 1 unspecified atom stereocenters. The Bertz CT molecular complexity index is 415. The zero-order valence-electron chi connectivity index (χ0n) is 10.5. The fourth-order valence-electron chi connectivity index (χ4n) is 2.36. The quantitative estimate of drug-likeness (QED) is 0.816. The molecule has 1 atom stereocenters. The van der Waals surface area contributed by atoms with E-state index >= 15 is 0 Å². The van der Waals surface area contributed by atoms with Crippen molar-refractivity contribution in [2.75, 3.05) is 19.0 Å². The largest absolute Gasteiger partial charge is 0.469 e. The van der Waals surface area contributed by atoms with Crippen molar-refractivity contribution in [2.45, 2.75) is 32.1 Å². The van der Waals surface area contributed by atoms with E-state index in [9.17, 15) is 4.79 Å². The van der Waals surface area contributed by atoms with Crippen LogP contribution >= 0.6 is 0 Å². The summed E-state index contributed by atoms with van der Waals surface area (Å²) in [5.41, 5.74) is 3.76. The van der Waals surface area contributed by atoms with Gasteiger partial charge in [-0.25, -0.2) is 0 Å². The Morgan fingerprint density at radius 1 is 1.53 bits per heavy atom. The van der Waals surface area contributed by atoms with Gasteiger partial charge in [-0.1, -0.05) is 19.1 Å². The molecule has 0 radical (unpaired) electrons. The monoisotopic (exact) mass is 233 g/mol. The van der Waals surface area contributed by atoms with E-state index in [4.69, 9.17) is 4.74 Å². The third kappa shape index (κ3) is 2.60. The van der Waals surface area contributed by atoms with Crippen LogP contribution in [0.25, 0.3) is 0 Å². The molecule has 1 aromatic rings. The zero-order chi connectivity index (χ0) is 12.3. The van der Waals surface area contributed by atoms with Crippen LogP contribution in [0.3, 0.4) is 0 Å². The van der Waals surface area contributed by atoms with E-state index in [-0.39, 0.29) is 5.97 Å². The third-order valence-corrected chi connectivity index (χ3v) is 3.41. The zero-order valence-corrected chi connectivity index (χ0v) is 10.5. The van der Waals surface area contributed by atoms with Gasteiger partial charge in [0, 0.05) is 12.2 Å². The fraction of sp³-hybridized carbons (Fsp3) is 0.500. The highest BCUT2D eigenvalue weighted by molar-refractivity contribution is 5.71. The SMILES string of the molecule is CCc1ccc2c(c1)C(CC(=O)OC)CCN2. The summed E-state index contributed by atoms with van der Waals surface area (Å²) in [6, 6.07) is 6.49. The Labute approximate surface area is 102 Å². The Kier molecular flexibility index (Phi) is 3.67. The van der Waals surface area contributed by atoms with Crippen LogP contribution in [0.4, 0.5) is 5.69 Å². The average molecular weight is 233 g/mol. The minimum atomic E-state index is -0.121. The first kappa shape index (κ1) is 12.0. The van der Waals surface area contributed by atoms with E-state index in [1.165, 1.54) is 23.9 Å². The summed E-state index contributed by atoms with van der Waals surface area (Å²) in [5.74, 6) is 0.176. The van der Waals surface area contributed by atoms with Crippen molar-refractivity contribution in [1.29, 1.82) is 0 Å². The van der Waals surface area contributed by atoms with Crippen molar-refractivity contribution in [3.05, 3.63) is 29.3 Å². The normalized spacial score (nSPS) is 18.1. The van der Waals surface area contributed by atoms with Crippen LogP contribution in [0, 0.1) is 0 Å². The second-order valence-electron chi connectivity index (χ2n) is 4.47. The topological polar surface area (TPSA) is 38.3 Å². The molecule has 0 saturated carbocycles. The van der Waals surface area contributed by atoms with E-state index < -0.39 is 0 Å². The molecule has 0 aromatic heterocycles. The number of benzene rings is 1. The number of nitrogens with one attached hydrogen (secondary N) is 1. The first-order valence-corrected chi connectivity index (χ1v) is 6.18. The van der Waals surface area contributed by atoms with Crippen LogP contribution in [0.15, 0.2) is 18.2 Å². The molecule has 0 bridgehead atoms. The molecule has 1 aromatic carbocycles. The summed E-state index contributed by atoms with van der Waals surface area (Å²) in [6.07, 6.45) is 2.51. The van der Waals surface area contributed by atoms with E-state index in [0.717, 1.165) is 19.4 Å². The highest BCUT2D eigenvalue weighted by Gasteiger charge is 2.22. The summed E-state index contributed by atoms with van der Waals surface area (Å²) < 4.78 is 4.77. The van der Waals surface area contributed by atoms with Gasteiger partial charge in [-0.3, -0.25) is 4.79 Å². The van der Waals surface area contributed by atoms with Gasteiger partial charge in [0.05, 0.1) is 13.5 Å². The number of ether oxygens (including phenoxy) is 1. The molecule has 1 aliphatic heterocycles. The second-order valence-corrected chi connectivity index (χ2v) is 4.47. The van der Waals surface area contributed by atoms with Crippen molar-refractivity contribution in [3.63, 3.8) is 0 Å². The second kappa shape index (κ2) is 5.21. The van der Waals surface area contributed by atoms with E-state index in [0.29, 0.717) is 12.3 Å². The number of fused-ring (bicyclic) bond motifs is 1. The molecule has 2 rings (SSSR count). The number of carbonyl (C=O) groups is 1. The van der Waals surface area contributed by atoms with E-state index in [2.05, 4.69) is 30.4 Å². The predicted molar refractivity (Wildman–Crippen MR) is 68.3 cm³/mol. The van der Waals surface area contributed by atoms with Crippen LogP contribution in [-0.4, -0.2) is 19.6 Å². The number of esters is 1. The van der Waals surface area contributed by atoms with Crippen molar-refractivity contribution >= 4 is 11.7 Å². The van der Waals surface area contributed by atoms with Gasteiger partial charge < -0.3 is 10.1 Å². The number of aryl methyl sites for hydroxylation is 1. The standard InChI is InChI=1S/C14H19NO2/c1-3-10-4-5-13-12(8-10)11(6-7-15-13)9-14(16)17-2/h4-5,8,11,15H,3,6-7,9H2,1-2H3. The molecule has 3 nitrogen and oxygen atoms in total. The molecule has 17 heavy (non-hydrogen) atoms. The van der Waals surface area contributed by atoms with E-state index in [1.807, 2.05) is 0 Å². The summed E-state index contributed by atoms with van der Waals surface area (Å²) in [5, 5.41) is 3.38. The summed E-state index contributed by atoms with van der Waals surface area (Å²) >= 11 is 0. The van der Waals surface area contributed by atoms with Crippen LogP contribution in [0.5, 0.6) is 0 Å². The summed E-state index contributed by atoms with van der Waals surface area (Å²) in [7, 11) is 1.45. The predicted octanol–water partition coefficient (Wildman–Crippen LogP) is 2.71. The Morgan fingerprint density at radius 3 is 3.06 bits per heavy atom. The molecule has 3 heteroatoms. The van der Waals surface area contributed by atoms with E-state index in [1.54, 1.807) is 0 Å². The molecule has 1 heterocycles. The van der Waals surface area contributed by atoms with Gasteiger partial charge in [-0.05, 0) is 36.0 Å². The lowest BCUT2D eigenvalue weighted by Crippen LogP contribution is -2.19. The lowest BCUT2D eigenvalue weighted by molar-refractivity contribution is -0.141. The molecule has 1 N–H and O–H groups in total. The Balaban J connectivity index is 2.25. The maximum atomic E-state index is 11.4. The lowest BCUT2D eigenvalue weighted by Gasteiger charge is -2.26. The van der Waals surface area contributed by atoms with Crippen LogP contribution < -0.4 is 5.32 Å². The molecule has 92 valence electrons.